The lowest BCUT2D eigenvalue weighted by Crippen LogP contribution is -2.37. The van der Waals surface area contributed by atoms with Gasteiger partial charge in [-0.1, -0.05) is 0 Å². The summed E-state index contributed by atoms with van der Waals surface area (Å²) in [6.07, 6.45) is 0. The summed E-state index contributed by atoms with van der Waals surface area (Å²) in [6, 6.07) is 2.05. The van der Waals surface area contributed by atoms with Crippen LogP contribution in [0.1, 0.15) is 19.5 Å². The molecule has 0 bridgehead atoms. The highest BCUT2D eigenvalue weighted by atomic mass is 16.5. The van der Waals surface area contributed by atoms with Gasteiger partial charge in [-0.2, -0.15) is 4.98 Å². The first kappa shape index (κ1) is 13.1. The Bertz CT molecular complexity index is 387. The van der Waals surface area contributed by atoms with Crippen molar-refractivity contribution >= 4 is 11.8 Å². The SMILES string of the molecule is CCN(CC)c1cc(C)nc(N2CCOCC2)n1. The van der Waals surface area contributed by atoms with E-state index in [0.717, 1.165) is 56.9 Å². The summed E-state index contributed by atoms with van der Waals surface area (Å²) in [5, 5.41) is 0. The molecule has 0 spiro atoms. The van der Waals surface area contributed by atoms with Gasteiger partial charge in [-0.15, -0.1) is 0 Å². The molecule has 0 radical (unpaired) electrons. The van der Waals surface area contributed by atoms with Crippen molar-refractivity contribution < 1.29 is 4.74 Å². The smallest absolute Gasteiger partial charge is 0.227 e. The maximum absolute atomic E-state index is 5.36. The number of morpholine rings is 1. The molecule has 0 atom stereocenters. The molecule has 1 saturated heterocycles. The van der Waals surface area contributed by atoms with Crippen LogP contribution in [0.3, 0.4) is 0 Å². The lowest BCUT2D eigenvalue weighted by molar-refractivity contribution is 0.122. The minimum atomic E-state index is 0.762. The van der Waals surface area contributed by atoms with Crippen LogP contribution in [-0.2, 0) is 4.74 Å². The van der Waals surface area contributed by atoms with Crippen molar-refractivity contribution in [2.45, 2.75) is 20.8 Å². The molecule has 18 heavy (non-hydrogen) atoms. The summed E-state index contributed by atoms with van der Waals surface area (Å²) in [5.74, 6) is 1.86. The molecule has 1 aliphatic heterocycles. The third-order valence-electron chi connectivity index (χ3n) is 3.21. The van der Waals surface area contributed by atoms with Gasteiger partial charge in [0.25, 0.3) is 0 Å². The Morgan fingerprint density at radius 1 is 1.22 bits per heavy atom. The van der Waals surface area contributed by atoms with E-state index in [-0.39, 0.29) is 0 Å². The normalized spacial score (nSPS) is 15.8. The number of ether oxygens (including phenoxy) is 1. The quantitative estimate of drug-likeness (QED) is 0.809. The van der Waals surface area contributed by atoms with Crippen LogP contribution in [0.4, 0.5) is 11.8 Å². The summed E-state index contributed by atoms with van der Waals surface area (Å²) in [5.41, 5.74) is 1.02. The van der Waals surface area contributed by atoms with Gasteiger partial charge in [0.2, 0.25) is 5.95 Å². The fourth-order valence-corrected chi connectivity index (χ4v) is 2.15. The third kappa shape index (κ3) is 2.90. The van der Waals surface area contributed by atoms with Crippen LogP contribution < -0.4 is 9.80 Å². The van der Waals surface area contributed by atoms with Gasteiger partial charge >= 0.3 is 0 Å². The highest BCUT2D eigenvalue weighted by Gasteiger charge is 2.16. The van der Waals surface area contributed by atoms with Crippen LogP contribution in [0.2, 0.25) is 0 Å². The third-order valence-corrected chi connectivity index (χ3v) is 3.21. The first-order chi connectivity index (χ1) is 8.74. The molecule has 1 aromatic heterocycles. The lowest BCUT2D eigenvalue weighted by atomic mass is 10.3. The van der Waals surface area contributed by atoms with Gasteiger partial charge in [-0.05, 0) is 20.8 Å². The van der Waals surface area contributed by atoms with E-state index in [1.54, 1.807) is 0 Å². The number of hydrogen-bond acceptors (Lipinski definition) is 5. The summed E-state index contributed by atoms with van der Waals surface area (Å²) < 4.78 is 5.36. The van der Waals surface area contributed by atoms with Crippen molar-refractivity contribution in [3.63, 3.8) is 0 Å². The van der Waals surface area contributed by atoms with Crippen molar-refractivity contribution in [2.24, 2.45) is 0 Å². The highest BCUT2D eigenvalue weighted by Crippen LogP contribution is 2.18. The van der Waals surface area contributed by atoms with Crippen LogP contribution >= 0.6 is 0 Å². The Hall–Kier alpha value is -1.36. The van der Waals surface area contributed by atoms with Crippen molar-refractivity contribution in [1.82, 2.24) is 9.97 Å². The van der Waals surface area contributed by atoms with E-state index < -0.39 is 0 Å². The van der Waals surface area contributed by atoms with Crippen LogP contribution in [0.25, 0.3) is 0 Å². The predicted octanol–water partition coefficient (Wildman–Crippen LogP) is 1.47. The Morgan fingerprint density at radius 2 is 1.89 bits per heavy atom. The van der Waals surface area contributed by atoms with Gasteiger partial charge in [-0.25, -0.2) is 4.98 Å². The predicted molar refractivity (Wildman–Crippen MR) is 73.4 cm³/mol. The monoisotopic (exact) mass is 250 g/mol. The maximum atomic E-state index is 5.36. The molecule has 5 heteroatoms. The molecule has 1 fully saturated rings. The highest BCUT2D eigenvalue weighted by molar-refractivity contribution is 5.45. The first-order valence-corrected chi connectivity index (χ1v) is 6.68. The van der Waals surface area contributed by atoms with Crippen LogP contribution in [0, 0.1) is 6.92 Å². The van der Waals surface area contributed by atoms with E-state index in [0.29, 0.717) is 0 Å². The molecule has 0 N–H and O–H groups in total. The Morgan fingerprint density at radius 3 is 2.50 bits per heavy atom. The minimum absolute atomic E-state index is 0.762. The second-order valence-corrected chi connectivity index (χ2v) is 4.44. The summed E-state index contributed by atoms with van der Waals surface area (Å²) in [7, 11) is 0. The van der Waals surface area contributed by atoms with Crippen molar-refractivity contribution in [1.29, 1.82) is 0 Å². The van der Waals surface area contributed by atoms with Crippen molar-refractivity contribution in [2.75, 3.05) is 49.2 Å². The van der Waals surface area contributed by atoms with E-state index in [1.165, 1.54) is 0 Å². The first-order valence-electron chi connectivity index (χ1n) is 6.68. The summed E-state index contributed by atoms with van der Waals surface area (Å²) >= 11 is 0. The average Bonchev–Trinajstić information content (AvgIpc) is 2.40. The molecule has 2 rings (SSSR count). The molecule has 0 saturated carbocycles. The van der Waals surface area contributed by atoms with Crippen LogP contribution in [-0.4, -0.2) is 49.4 Å². The number of aryl methyl sites for hydroxylation is 1. The molecule has 1 aliphatic rings. The molecule has 5 nitrogen and oxygen atoms in total. The number of nitrogens with zero attached hydrogens (tertiary/aromatic N) is 4. The zero-order chi connectivity index (χ0) is 13.0. The molecule has 100 valence electrons. The molecule has 0 amide bonds. The molecular formula is C13H22N4O. The second kappa shape index (κ2) is 6.00. The maximum Gasteiger partial charge on any atom is 0.227 e. The van der Waals surface area contributed by atoms with Crippen LogP contribution in [0.15, 0.2) is 6.07 Å². The van der Waals surface area contributed by atoms with Gasteiger partial charge in [-0.3, -0.25) is 0 Å². The largest absolute Gasteiger partial charge is 0.378 e. The van der Waals surface area contributed by atoms with Gasteiger partial charge in [0.15, 0.2) is 0 Å². The van der Waals surface area contributed by atoms with E-state index in [4.69, 9.17) is 4.74 Å². The van der Waals surface area contributed by atoms with Gasteiger partial charge in [0.05, 0.1) is 13.2 Å². The molecule has 2 heterocycles. The van der Waals surface area contributed by atoms with E-state index in [1.807, 2.05) is 6.92 Å². The fraction of sp³-hybridized carbons (Fsp3) is 0.692. The van der Waals surface area contributed by atoms with E-state index in [9.17, 15) is 0 Å². The Balaban J connectivity index is 2.24. The molecule has 0 aliphatic carbocycles. The fourth-order valence-electron chi connectivity index (χ4n) is 2.15. The van der Waals surface area contributed by atoms with Crippen molar-refractivity contribution in [3.05, 3.63) is 11.8 Å². The molecule has 0 aromatic carbocycles. The summed E-state index contributed by atoms with van der Waals surface area (Å²) in [4.78, 5) is 13.7. The Labute approximate surface area is 109 Å². The lowest BCUT2D eigenvalue weighted by Gasteiger charge is -2.28. The standard InChI is InChI=1S/C13H22N4O/c1-4-16(5-2)12-10-11(3)14-13(15-12)17-6-8-18-9-7-17/h10H,4-9H2,1-3H3. The number of rotatable bonds is 4. The summed E-state index contributed by atoms with van der Waals surface area (Å²) in [6.45, 7) is 11.5. The number of anilines is 2. The zero-order valence-corrected chi connectivity index (χ0v) is 11.5. The number of hydrogen-bond donors (Lipinski definition) is 0. The van der Waals surface area contributed by atoms with E-state index in [2.05, 4.69) is 39.7 Å². The van der Waals surface area contributed by atoms with Gasteiger partial charge in [0.1, 0.15) is 5.82 Å². The Kier molecular flexibility index (Phi) is 4.36. The molecular weight excluding hydrogens is 228 g/mol. The average molecular weight is 250 g/mol. The zero-order valence-electron chi connectivity index (χ0n) is 11.5. The van der Waals surface area contributed by atoms with Gasteiger partial charge in [0, 0.05) is 37.9 Å². The molecule has 0 unspecified atom stereocenters. The van der Waals surface area contributed by atoms with Crippen molar-refractivity contribution in [3.8, 4) is 0 Å². The minimum Gasteiger partial charge on any atom is -0.378 e. The second-order valence-electron chi connectivity index (χ2n) is 4.44. The molecule has 1 aromatic rings. The number of aromatic nitrogens is 2. The van der Waals surface area contributed by atoms with Crippen LogP contribution in [0.5, 0.6) is 0 Å². The van der Waals surface area contributed by atoms with Gasteiger partial charge < -0.3 is 14.5 Å². The topological polar surface area (TPSA) is 41.5 Å². The van der Waals surface area contributed by atoms with E-state index >= 15 is 0 Å².